The van der Waals surface area contributed by atoms with Crippen molar-refractivity contribution < 1.29 is 49.6 Å². The van der Waals surface area contributed by atoms with Gasteiger partial charge in [-0.05, 0) is 12.8 Å². The third-order valence-corrected chi connectivity index (χ3v) is 5.77. The number of aryl methyl sites for hydroxylation is 1. The van der Waals surface area contributed by atoms with Crippen molar-refractivity contribution in [3.63, 3.8) is 0 Å². The molecule has 0 saturated carbocycles. The monoisotopic (exact) mass is 536 g/mol. The molecule has 0 saturated heterocycles. The van der Waals surface area contributed by atoms with Gasteiger partial charge in [0.05, 0.1) is 96.9 Å². The summed E-state index contributed by atoms with van der Waals surface area (Å²) in [6, 6.07) is 0. The summed E-state index contributed by atoms with van der Waals surface area (Å²) in [5.41, 5.74) is 5.00. The van der Waals surface area contributed by atoms with Crippen molar-refractivity contribution in [3.8, 4) is 0 Å². The summed E-state index contributed by atoms with van der Waals surface area (Å²) < 4.78 is 19.1. The summed E-state index contributed by atoms with van der Waals surface area (Å²) in [5, 5.41) is 64.6. The van der Waals surface area contributed by atoms with Crippen LogP contribution in [0.5, 0.6) is 0 Å². The second-order valence-electron chi connectivity index (χ2n) is 9.47. The highest BCUT2D eigenvalue weighted by atomic mass is 16.5. The number of hydrogen-bond acceptors (Lipinski definition) is 12. The second-order valence-corrected chi connectivity index (χ2v) is 9.47. The second kappa shape index (κ2) is 19.3. The Balaban J connectivity index is 3.06. The Morgan fingerprint density at radius 2 is 1.27 bits per heavy atom. The van der Waals surface area contributed by atoms with E-state index in [-0.39, 0.29) is 92.2 Å². The molecule has 1 amide bonds. The van der Waals surface area contributed by atoms with Gasteiger partial charge in [0.1, 0.15) is 0 Å². The van der Waals surface area contributed by atoms with Crippen LogP contribution >= 0.6 is 0 Å². The number of carbonyl (C=O) groups excluding carboxylic acids is 1. The standard InChI is InChI=1S/C23H44N4O10/c24-22(34)3-1-2-21-4-27(26-25-21)14-23(15-35-11-18(5-28)6-29,16-36-12-19(7-30)8-31)17-37-13-20(9-32)10-33/h4,18-20,28-33H,1-3,5-17H2,(H2,24,34). The molecule has 37 heavy (non-hydrogen) atoms. The number of hydrogen-bond donors (Lipinski definition) is 7. The zero-order valence-electron chi connectivity index (χ0n) is 21.4. The van der Waals surface area contributed by atoms with Crippen LogP contribution in [0.15, 0.2) is 6.20 Å². The first kappa shape index (κ1) is 33.3. The zero-order valence-corrected chi connectivity index (χ0v) is 21.4. The van der Waals surface area contributed by atoms with Gasteiger partial charge in [-0.25, -0.2) is 0 Å². The van der Waals surface area contributed by atoms with Gasteiger partial charge in [0.2, 0.25) is 5.91 Å². The maximum Gasteiger partial charge on any atom is 0.217 e. The van der Waals surface area contributed by atoms with E-state index in [4.69, 9.17) is 19.9 Å². The van der Waals surface area contributed by atoms with Crippen LogP contribution in [0.3, 0.4) is 0 Å². The van der Waals surface area contributed by atoms with E-state index < -0.39 is 29.1 Å². The van der Waals surface area contributed by atoms with Gasteiger partial charge in [-0.2, -0.15) is 0 Å². The lowest BCUT2D eigenvalue weighted by atomic mass is 9.90. The minimum Gasteiger partial charge on any atom is -0.396 e. The molecule has 0 aliphatic heterocycles. The number of nitrogens with zero attached hydrogens (tertiary/aromatic N) is 3. The number of primary amides is 1. The van der Waals surface area contributed by atoms with Gasteiger partial charge in [0, 0.05) is 30.4 Å². The van der Waals surface area contributed by atoms with Crippen molar-refractivity contribution in [3.05, 3.63) is 11.9 Å². The molecule has 0 radical (unpaired) electrons. The molecule has 0 spiro atoms. The van der Waals surface area contributed by atoms with Crippen molar-refractivity contribution in [1.82, 2.24) is 15.0 Å². The lowest BCUT2D eigenvalue weighted by molar-refractivity contribution is -0.118. The van der Waals surface area contributed by atoms with Crippen LogP contribution in [0.25, 0.3) is 0 Å². The molecular weight excluding hydrogens is 492 g/mol. The molecule has 0 atom stereocenters. The molecular formula is C23H44N4O10. The number of aromatic nitrogens is 3. The lowest BCUT2D eigenvalue weighted by Gasteiger charge is -2.34. The van der Waals surface area contributed by atoms with Crippen LogP contribution in [-0.2, 0) is 32.0 Å². The molecule has 1 rings (SSSR count). The van der Waals surface area contributed by atoms with Crippen molar-refractivity contribution in [2.45, 2.75) is 25.8 Å². The molecule has 0 fully saturated rings. The third kappa shape index (κ3) is 13.6. The van der Waals surface area contributed by atoms with E-state index in [1.165, 1.54) is 0 Å². The van der Waals surface area contributed by atoms with Crippen molar-refractivity contribution in [2.75, 3.05) is 79.3 Å². The fraction of sp³-hybridized carbons (Fsp3) is 0.870. The predicted molar refractivity (Wildman–Crippen MR) is 130 cm³/mol. The first-order valence-electron chi connectivity index (χ1n) is 12.4. The minimum atomic E-state index is -0.863. The topological polar surface area (TPSA) is 223 Å². The van der Waals surface area contributed by atoms with Gasteiger partial charge in [-0.1, -0.05) is 5.21 Å². The molecule has 216 valence electrons. The van der Waals surface area contributed by atoms with E-state index in [0.29, 0.717) is 18.5 Å². The van der Waals surface area contributed by atoms with Crippen LogP contribution in [-0.4, -0.2) is 131 Å². The predicted octanol–water partition coefficient (Wildman–Crippen LogP) is -3.08. The Labute approximate surface area is 216 Å². The normalized spacial score (nSPS) is 12.4. The number of carbonyl (C=O) groups is 1. The number of rotatable bonds is 24. The van der Waals surface area contributed by atoms with Gasteiger partial charge in [0.25, 0.3) is 0 Å². The van der Waals surface area contributed by atoms with Crippen LogP contribution in [0, 0.1) is 23.2 Å². The van der Waals surface area contributed by atoms with Crippen molar-refractivity contribution in [2.24, 2.45) is 28.9 Å². The van der Waals surface area contributed by atoms with E-state index in [2.05, 4.69) is 10.3 Å². The molecule has 14 heteroatoms. The van der Waals surface area contributed by atoms with E-state index in [1.54, 1.807) is 10.9 Å². The fourth-order valence-electron chi connectivity index (χ4n) is 3.40. The summed E-state index contributed by atoms with van der Waals surface area (Å²) in [4.78, 5) is 11.0. The number of aliphatic hydroxyl groups is 6. The Morgan fingerprint density at radius 3 is 1.65 bits per heavy atom. The Hall–Kier alpha value is -1.75. The molecule has 1 aromatic heterocycles. The highest BCUT2D eigenvalue weighted by molar-refractivity contribution is 5.73. The van der Waals surface area contributed by atoms with Gasteiger partial charge in [-0.15, -0.1) is 5.10 Å². The van der Waals surface area contributed by atoms with Crippen molar-refractivity contribution >= 4 is 5.91 Å². The Bertz CT molecular complexity index is 666. The smallest absolute Gasteiger partial charge is 0.217 e. The fourth-order valence-corrected chi connectivity index (χ4v) is 3.40. The summed E-state index contributed by atoms with van der Waals surface area (Å²) in [6.07, 6.45) is 3.01. The average molecular weight is 537 g/mol. The third-order valence-electron chi connectivity index (χ3n) is 5.77. The molecule has 8 N–H and O–H groups in total. The first-order chi connectivity index (χ1) is 17.8. The number of amides is 1. The van der Waals surface area contributed by atoms with E-state index in [1.807, 2.05) is 0 Å². The first-order valence-corrected chi connectivity index (χ1v) is 12.4. The summed E-state index contributed by atoms with van der Waals surface area (Å²) in [7, 11) is 0. The maximum atomic E-state index is 11.0. The molecule has 0 bridgehead atoms. The van der Waals surface area contributed by atoms with Crippen LogP contribution < -0.4 is 5.73 Å². The molecule has 1 heterocycles. The quantitative estimate of drug-likeness (QED) is 0.0699. The van der Waals surface area contributed by atoms with E-state index in [0.717, 1.165) is 0 Å². The Kier molecular flexibility index (Phi) is 17.4. The summed E-state index contributed by atoms with van der Waals surface area (Å²) >= 11 is 0. The van der Waals surface area contributed by atoms with E-state index >= 15 is 0 Å². The van der Waals surface area contributed by atoms with Crippen LogP contribution in [0.4, 0.5) is 0 Å². The largest absolute Gasteiger partial charge is 0.396 e. The zero-order chi connectivity index (χ0) is 27.5. The molecule has 0 aromatic carbocycles. The van der Waals surface area contributed by atoms with Crippen LogP contribution in [0.1, 0.15) is 18.5 Å². The molecule has 0 unspecified atom stereocenters. The van der Waals surface area contributed by atoms with E-state index in [9.17, 15) is 35.4 Å². The van der Waals surface area contributed by atoms with Crippen molar-refractivity contribution in [1.29, 1.82) is 0 Å². The number of nitrogens with two attached hydrogens (primary N) is 1. The van der Waals surface area contributed by atoms with Gasteiger partial charge in [-0.3, -0.25) is 9.48 Å². The van der Waals surface area contributed by atoms with Gasteiger partial charge in [0.15, 0.2) is 0 Å². The molecule has 1 aromatic rings. The minimum absolute atomic E-state index is 0.0756. The number of aliphatic hydroxyl groups excluding tert-OH is 6. The molecule has 0 aliphatic carbocycles. The number of ether oxygens (including phenoxy) is 3. The molecule has 0 aliphatic rings. The molecule has 14 nitrogen and oxygen atoms in total. The van der Waals surface area contributed by atoms with Gasteiger partial charge >= 0.3 is 0 Å². The Morgan fingerprint density at radius 1 is 0.838 bits per heavy atom. The highest BCUT2D eigenvalue weighted by Crippen LogP contribution is 2.24. The lowest BCUT2D eigenvalue weighted by Crippen LogP contribution is -2.43. The average Bonchev–Trinajstić information content (AvgIpc) is 3.33. The van der Waals surface area contributed by atoms with Crippen LogP contribution in [0.2, 0.25) is 0 Å². The SMILES string of the molecule is NC(=O)CCCc1cn(CC(COCC(CO)CO)(COCC(CO)CO)COCC(CO)CO)nn1. The maximum absolute atomic E-state index is 11.0. The summed E-state index contributed by atoms with van der Waals surface area (Å²) in [5.74, 6) is -1.80. The van der Waals surface area contributed by atoms with Gasteiger partial charge < -0.3 is 50.6 Å². The summed E-state index contributed by atoms with van der Waals surface area (Å²) in [6.45, 7) is -0.822. The highest BCUT2D eigenvalue weighted by Gasteiger charge is 2.34.